The summed E-state index contributed by atoms with van der Waals surface area (Å²) < 4.78 is 31.2. The second-order valence-electron chi connectivity index (χ2n) is 11.7. The number of halogens is 2. The second kappa shape index (κ2) is 12.1. The van der Waals surface area contributed by atoms with Gasteiger partial charge in [-0.05, 0) is 42.0 Å². The quantitative estimate of drug-likeness (QED) is 0.229. The molecule has 1 aliphatic rings. The summed E-state index contributed by atoms with van der Waals surface area (Å²) in [4.78, 5) is 43.7. The molecule has 1 aromatic carbocycles. The van der Waals surface area contributed by atoms with Gasteiger partial charge in [-0.1, -0.05) is 71.2 Å². The van der Waals surface area contributed by atoms with E-state index in [0.29, 0.717) is 27.9 Å². The van der Waals surface area contributed by atoms with E-state index in [2.05, 4.69) is 23.1 Å². The molecule has 0 unspecified atom stereocenters. The van der Waals surface area contributed by atoms with Gasteiger partial charge in [0.25, 0.3) is 5.91 Å². The normalized spacial score (nSPS) is 15.3. The van der Waals surface area contributed by atoms with Crippen molar-refractivity contribution in [1.82, 2.24) is 24.4 Å². The van der Waals surface area contributed by atoms with Crippen LogP contribution < -0.4 is 10.6 Å². The first-order valence-electron chi connectivity index (χ1n) is 14.7. The molecule has 0 saturated carbocycles. The van der Waals surface area contributed by atoms with Gasteiger partial charge in [0.2, 0.25) is 0 Å². The largest absolute Gasteiger partial charge is 0.355 e. The summed E-state index contributed by atoms with van der Waals surface area (Å²) >= 11 is 0. The van der Waals surface area contributed by atoms with Gasteiger partial charge in [-0.25, -0.2) is 23.1 Å². The van der Waals surface area contributed by atoms with E-state index < -0.39 is 23.2 Å². The third-order valence-corrected chi connectivity index (χ3v) is 8.03. The van der Waals surface area contributed by atoms with Gasteiger partial charge >= 0.3 is 5.69 Å². The number of nitrogens with zero attached hydrogens (tertiary/aromatic N) is 6. The Balaban J connectivity index is 1.83. The van der Waals surface area contributed by atoms with Gasteiger partial charge in [0.1, 0.15) is 17.3 Å². The van der Waals surface area contributed by atoms with E-state index in [0.717, 1.165) is 5.56 Å². The Morgan fingerprint density at radius 3 is 2.45 bits per heavy atom. The lowest BCUT2D eigenvalue weighted by Crippen LogP contribution is -2.54. The molecule has 228 valence electrons. The minimum Gasteiger partial charge on any atom is -0.350 e. The summed E-state index contributed by atoms with van der Waals surface area (Å²) in [7, 11) is 0. The Kier molecular flexibility index (Phi) is 8.45. The average molecular weight is 599 g/mol. The molecule has 1 amide bonds. The highest BCUT2D eigenvalue weighted by Gasteiger charge is 2.32. The van der Waals surface area contributed by atoms with Crippen molar-refractivity contribution in [2.24, 2.45) is 0 Å². The summed E-state index contributed by atoms with van der Waals surface area (Å²) in [5.41, 5.74) is 3.10. The van der Waals surface area contributed by atoms with Crippen LogP contribution in [0, 0.1) is 5.82 Å². The first-order chi connectivity index (χ1) is 20.9. The van der Waals surface area contributed by atoms with Crippen LogP contribution in [-0.4, -0.2) is 56.0 Å². The number of hydrogen-bond donors (Lipinski definition) is 0. The molecule has 10 heteroatoms. The summed E-state index contributed by atoms with van der Waals surface area (Å²) in [6.07, 6.45) is 3.37. The summed E-state index contributed by atoms with van der Waals surface area (Å²) in [6.45, 7) is 17.5. The van der Waals surface area contributed by atoms with Crippen LogP contribution in [0.5, 0.6) is 0 Å². The zero-order chi connectivity index (χ0) is 31.9. The number of piperazine rings is 1. The smallest absolute Gasteiger partial charge is 0.350 e. The molecular weight excluding hydrogens is 562 g/mol. The number of carbonyl (C=O) groups excluding carboxylic acids is 1. The Morgan fingerprint density at radius 1 is 1.09 bits per heavy atom. The maximum absolute atomic E-state index is 16.1. The Bertz CT molecular complexity index is 1820. The molecule has 4 aromatic rings. The van der Waals surface area contributed by atoms with Crippen molar-refractivity contribution in [2.45, 2.75) is 52.5 Å². The predicted octanol–water partition coefficient (Wildman–Crippen LogP) is 6.39. The maximum atomic E-state index is 16.1. The van der Waals surface area contributed by atoms with Crippen LogP contribution in [0.4, 0.5) is 14.6 Å². The molecule has 8 nitrogen and oxygen atoms in total. The highest BCUT2D eigenvalue weighted by molar-refractivity contribution is 5.92. The number of benzene rings is 1. The Labute approximate surface area is 255 Å². The van der Waals surface area contributed by atoms with Crippen LogP contribution in [0.3, 0.4) is 0 Å². The number of carbonyl (C=O) groups is 1. The number of fused-ring (bicyclic) bond motifs is 1. The molecule has 5 rings (SSSR count). The van der Waals surface area contributed by atoms with E-state index >= 15 is 4.39 Å². The molecule has 0 spiro atoms. The minimum absolute atomic E-state index is 0.0319. The zero-order valence-corrected chi connectivity index (χ0v) is 25.6. The van der Waals surface area contributed by atoms with Crippen molar-refractivity contribution in [2.75, 3.05) is 24.5 Å². The number of pyridine rings is 2. The minimum atomic E-state index is -1.03. The SMILES string of the molecule is C=Cc1ccccc1-c1nc2c(cc1F)c(N1CCN(C(=O)C(=C)F)C[C@@H]1C)nc(=O)n2-c1c(C(C)C)ccnc1C(C)C. The molecule has 0 N–H and O–H groups in total. The first kappa shape index (κ1) is 30.7. The summed E-state index contributed by atoms with van der Waals surface area (Å²) in [5, 5.41) is 0.330. The highest BCUT2D eigenvalue weighted by Crippen LogP contribution is 2.35. The van der Waals surface area contributed by atoms with Gasteiger partial charge in [0, 0.05) is 37.4 Å². The van der Waals surface area contributed by atoms with Crippen LogP contribution in [0.2, 0.25) is 0 Å². The summed E-state index contributed by atoms with van der Waals surface area (Å²) in [5.74, 6) is -2.16. The van der Waals surface area contributed by atoms with Gasteiger partial charge in [0.15, 0.2) is 11.5 Å². The molecule has 1 saturated heterocycles. The third kappa shape index (κ3) is 5.40. The van der Waals surface area contributed by atoms with E-state index in [4.69, 9.17) is 4.98 Å². The van der Waals surface area contributed by atoms with E-state index in [1.165, 1.54) is 15.5 Å². The standard InChI is InChI=1S/C34H36F2N6O2/c1-8-23-11-9-10-12-25(23)29-27(36)17-26-31(41-16-15-40(18-21(41)6)33(43)22(7)35)39-34(44)42(32(26)38-29)30-24(19(2)3)13-14-37-28(30)20(4)5/h8-14,17,19-21H,1,7,15-16,18H2,2-6H3/t21-/m0/s1. The van der Waals surface area contributed by atoms with Crippen molar-refractivity contribution in [3.05, 3.63) is 94.7 Å². The average Bonchev–Trinajstić information content (AvgIpc) is 2.99. The van der Waals surface area contributed by atoms with Gasteiger partial charge in [-0.15, -0.1) is 0 Å². The predicted molar refractivity (Wildman–Crippen MR) is 170 cm³/mol. The lowest BCUT2D eigenvalue weighted by molar-refractivity contribution is -0.129. The molecule has 44 heavy (non-hydrogen) atoms. The van der Waals surface area contributed by atoms with Crippen LogP contribution in [0.15, 0.2) is 66.4 Å². The fourth-order valence-corrected chi connectivity index (χ4v) is 5.85. The Hall–Kier alpha value is -4.73. The molecule has 0 radical (unpaired) electrons. The van der Waals surface area contributed by atoms with Gasteiger partial charge < -0.3 is 9.80 Å². The van der Waals surface area contributed by atoms with E-state index in [9.17, 15) is 14.0 Å². The molecule has 3 aromatic heterocycles. The van der Waals surface area contributed by atoms with Crippen LogP contribution in [0.25, 0.3) is 34.1 Å². The molecule has 1 fully saturated rings. The molecule has 4 heterocycles. The second-order valence-corrected chi connectivity index (χ2v) is 11.7. The number of hydrogen-bond acceptors (Lipinski definition) is 6. The molecule has 1 aliphatic heterocycles. The Morgan fingerprint density at radius 2 is 1.82 bits per heavy atom. The van der Waals surface area contributed by atoms with Gasteiger partial charge in [-0.2, -0.15) is 4.98 Å². The molecule has 0 aliphatic carbocycles. The highest BCUT2D eigenvalue weighted by atomic mass is 19.1. The van der Waals surface area contributed by atoms with E-state index in [1.807, 2.05) is 57.7 Å². The molecule has 1 atom stereocenters. The number of anilines is 1. The first-order valence-corrected chi connectivity index (χ1v) is 14.7. The van der Waals surface area contributed by atoms with Gasteiger partial charge in [-0.3, -0.25) is 9.78 Å². The van der Waals surface area contributed by atoms with Crippen molar-refractivity contribution in [3.63, 3.8) is 0 Å². The number of rotatable bonds is 7. The fourth-order valence-electron chi connectivity index (χ4n) is 5.85. The van der Waals surface area contributed by atoms with Crippen LogP contribution in [0.1, 0.15) is 63.3 Å². The zero-order valence-electron chi connectivity index (χ0n) is 25.6. The van der Waals surface area contributed by atoms with Gasteiger partial charge in [0.05, 0.1) is 16.8 Å². The van der Waals surface area contributed by atoms with E-state index in [-0.39, 0.29) is 54.7 Å². The van der Waals surface area contributed by atoms with Crippen LogP contribution >= 0.6 is 0 Å². The van der Waals surface area contributed by atoms with Crippen molar-refractivity contribution in [3.8, 4) is 16.9 Å². The number of amides is 1. The number of aromatic nitrogens is 4. The molecular formula is C34H36F2N6O2. The monoisotopic (exact) mass is 598 g/mol. The lowest BCUT2D eigenvalue weighted by atomic mass is 9.97. The van der Waals surface area contributed by atoms with Crippen molar-refractivity contribution in [1.29, 1.82) is 0 Å². The van der Waals surface area contributed by atoms with Crippen molar-refractivity contribution < 1.29 is 13.6 Å². The molecule has 0 bridgehead atoms. The maximum Gasteiger partial charge on any atom is 0.355 e. The topological polar surface area (TPSA) is 84.2 Å². The lowest BCUT2D eigenvalue weighted by Gasteiger charge is -2.40. The van der Waals surface area contributed by atoms with Crippen LogP contribution in [-0.2, 0) is 4.79 Å². The van der Waals surface area contributed by atoms with E-state index in [1.54, 1.807) is 24.4 Å². The summed E-state index contributed by atoms with van der Waals surface area (Å²) in [6, 6.07) is 10.1. The fraction of sp³-hybridized carbons (Fsp3) is 0.324. The third-order valence-electron chi connectivity index (χ3n) is 8.03. The van der Waals surface area contributed by atoms with Crippen molar-refractivity contribution >= 4 is 28.8 Å².